The van der Waals surface area contributed by atoms with Crippen molar-refractivity contribution in [2.45, 2.75) is 46.5 Å². The van der Waals surface area contributed by atoms with Crippen LogP contribution >= 0.6 is 0 Å². The Morgan fingerprint density at radius 3 is 2.24 bits per heavy atom. The molecule has 0 saturated carbocycles. The van der Waals surface area contributed by atoms with E-state index < -0.39 is 8.07 Å². The summed E-state index contributed by atoms with van der Waals surface area (Å²) in [5.41, 5.74) is 8.77. The minimum atomic E-state index is -1.41. The SMILES string of the molecule is C=C(c1ccc(C)cc1)c1cc(C#C[Si](C)(C)C)ccc1OC(C)C. The van der Waals surface area contributed by atoms with Crippen LogP contribution in [0.15, 0.2) is 49.0 Å². The molecule has 2 aromatic rings. The number of hydrogen-bond donors (Lipinski definition) is 0. The van der Waals surface area contributed by atoms with Crippen molar-refractivity contribution in [1.82, 2.24) is 0 Å². The Morgan fingerprint density at radius 2 is 1.68 bits per heavy atom. The molecule has 0 amide bonds. The third-order valence-corrected chi connectivity index (χ3v) is 4.52. The molecule has 0 atom stereocenters. The van der Waals surface area contributed by atoms with Crippen molar-refractivity contribution in [3.63, 3.8) is 0 Å². The normalized spacial score (nSPS) is 11.0. The Kier molecular flexibility index (Phi) is 5.92. The van der Waals surface area contributed by atoms with Crippen LogP contribution in [0.4, 0.5) is 0 Å². The van der Waals surface area contributed by atoms with E-state index in [0.717, 1.165) is 28.0 Å². The van der Waals surface area contributed by atoms with Crippen LogP contribution in [0.5, 0.6) is 5.75 Å². The van der Waals surface area contributed by atoms with Crippen molar-refractivity contribution in [2.75, 3.05) is 0 Å². The van der Waals surface area contributed by atoms with E-state index in [1.54, 1.807) is 0 Å². The first-order valence-corrected chi connectivity index (χ1v) is 12.3. The maximum Gasteiger partial charge on any atom is 0.129 e. The molecule has 0 aliphatic rings. The number of hydrogen-bond acceptors (Lipinski definition) is 1. The van der Waals surface area contributed by atoms with E-state index in [2.05, 4.69) is 74.9 Å². The summed E-state index contributed by atoms with van der Waals surface area (Å²) in [6.07, 6.45) is 0.114. The average Bonchev–Trinajstić information content (AvgIpc) is 2.52. The predicted octanol–water partition coefficient (Wildman–Crippen LogP) is 6.07. The number of ether oxygens (including phenoxy) is 1. The van der Waals surface area contributed by atoms with Gasteiger partial charge < -0.3 is 4.74 Å². The van der Waals surface area contributed by atoms with Gasteiger partial charge in [-0.2, -0.15) is 0 Å². The van der Waals surface area contributed by atoms with Crippen LogP contribution in [-0.2, 0) is 0 Å². The molecule has 0 unspecified atom stereocenters. The zero-order valence-corrected chi connectivity index (χ0v) is 17.2. The van der Waals surface area contributed by atoms with E-state index >= 15 is 0 Å². The highest BCUT2D eigenvalue weighted by Crippen LogP contribution is 2.31. The molecule has 0 bridgehead atoms. The van der Waals surface area contributed by atoms with Gasteiger partial charge >= 0.3 is 0 Å². The van der Waals surface area contributed by atoms with Crippen molar-refractivity contribution < 1.29 is 4.74 Å². The Hall–Kier alpha value is -2.24. The van der Waals surface area contributed by atoms with E-state index in [4.69, 9.17) is 4.74 Å². The van der Waals surface area contributed by atoms with Crippen LogP contribution in [0.3, 0.4) is 0 Å². The van der Waals surface area contributed by atoms with Crippen molar-refractivity contribution >= 4 is 13.6 Å². The lowest BCUT2D eigenvalue weighted by Crippen LogP contribution is -2.16. The van der Waals surface area contributed by atoms with Crippen LogP contribution in [0.2, 0.25) is 19.6 Å². The highest BCUT2D eigenvalue weighted by molar-refractivity contribution is 6.83. The average molecular weight is 349 g/mol. The molecule has 0 heterocycles. The summed E-state index contributed by atoms with van der Waals surface area (Å²) < 4.78 is 6.01. The second kappa shape index (κ2) is 7.76. The standard InChI is InChI=1S/C23H28OSi/c1-17(2)24-23-13-10-20(14-15-25(5,6)7)16-22(23)19(4)21-11-8-18(3)9-12-21/h8-13,16-17H,4H2,1-3,5-7H3. The maximum atomic E-state index is 6.01. The molecule has 25 heavy (non-hydrogen) atoms. The Morgan fingerprint density at radius 1 is 1.04 bits per heavy atom. The van der Waals surface area contributed by atoms with E-state index in [9.17, 15) is 0 Å². The van der Waals surface area contributed by atoms with Crippen molar-refractivity contribution in [2.24, 2.45) is 0 Å². The zero-order chi connectivity index (χ0) is 18.6. The van der Waals surface area contributed by atoms with Gasteiger partial charge in [-0.15, -0.1) is 5.54 Å². The van der Waals surface area contributed by atoms with Gasteiger partial charge in [-0.25, -0.2) is 0 Å². The molecule has 0 aliphatic heterocycles. The summed E-state index contributed by atoms with van der Waals surface area (Å²) in [4.78, 5) is 0. The second-order valence-electron chi connectivity index (χ2n) is 7.72. The highest BCUT2D eigenvalue weighted by Gasteiger charge is 2.12. The van der Waals surface area contributed by atoms with Crippen LogP contribution in [0.1, 0.15) is 36.1 Å². The molecule has 0 aromatic heterocycles. The number of aryl methyl sites for hydroxylation is 1. The molecule has 0 saturated heterocycles. The molecule has 1 nitrogen and oxygen atoms in total. The van der Waals surface area contributed by atoms with E-state index in [1.807, 2.05) is 26.0 Å². The molecule has 2 aromatic carbocycles. The molecular weight excluding hydrogens is 320 g/mol. The fraction of sp³-hybridized carbons (Fsp3) is 0.304. The number of rotatable bonds is 4. The topological polar surface area (TPSA) is 9.23 Å². The maximum absolute atomic E-state index is 6.01. The summed E-state index contributed by atoms with van der Waals surface area (Å²) in [6, 6.07) is 14.6. The summed E-state index contributed by atoms with van der Waals surface area (Å²) in [5.74, 6) is 4.20. The molecule has 0 spiro atoms. The molecule has 2 heteroatoms. The molecule has 0 fully saturated rings. The van der Waals surface area contributed by atoms with Gasteiger partial charge in [0.1, 0.15) is 13.8 Å². The molecule has 0 radical (unpaired) electrons. The van der Waals surface area contributed by atoms with Gasteiger partial charge in [-0.3, -0.25) is 0 Å². The van der Waals surface area contributed by atoms with E-state index in [-0.39, 0.29) is 6.10 Å². The zero-order valence-electron chi connectivity index (χ0n) is 16.2. The van der Waals surface area contributed by atoms with Crippen molar-refractivity contribution in [3.05, 3.63) is 71.3 Å². The molecule has 2 rings (SSSR count). The summed E-state index contributed by atoms with van der Waals surface area (Å²) >= 11 is 0. The predicted molar refractivity (Wildman–Crippen MR) is 112 cm³/mol. The van der Waals surface area contributed by atoms with E-state index in [0.29, 0.717) is 0 Å². The minimum Gasteiger partial charge on any atom is -0.490 e. The monoisotopic (exact) mass is 348 g/mol. The van der Waals surface area contributed by atoms with Gasteiger partial charge in [0.2, 0.25) is 0 Å². The fourth-order valence-electron chi connectivity index (χ4n) is 2.37. The van der Waals surface area contributed by atoms with Crippen LogP contribution in [0, 0.1) is 18.4 Å². The van der Waals surface area contributed by atoms with Gasteiger partial charge in [-0.1, -0.05) is 62.0 Å². The lowest BCUT2D eigenvalue weighted by Gasteiger charge is -2.17. The first-order valence-electron chi connectivity index (χ1n) is 8.76. The number of benzene rings is 2. The molecule has 0 aliphatic carbocycles. The lowest BCUT2D eigenvalue weighted by atomic mass is 9.96. The fourth-order valence-corrected chi connectivity index (χ4v) is 2.89. The third-order valence-electron chi connectivity index (χ3n) is 3.65. The summed E-state index contributed by atoms with van der Waals surface area (Å²) in [5, 5.41) is 0. The van der Waals surface area contributed by atoms with Gasteiger partial charge in [0.25, 0.3) is 0 Å². The van der Waals surface area contributed by atoms with E-state index in [1.165, 1.54) is 5.56 Å². The summed E-state index contributed by atoms with van der Waals surface area (Å²) in [6.45, 7) is 17.2. The summed E-state index contributed by atoms with van der Waals surface area (Å²) in [7, 11) is -1.41. The Bertz CT molecular complexity index is 812. The Labute approximate surface area is 153 Å². The van der Waals surface area contributed by atoms with Crippen LogP contribution in [-0.4, -0.2) is 14.2 Å². The van der Waals surface area contributed by atoms with Crippen molar-refractivity contribution in [3.8, 4) is 17.2 Å². The molecule has 0 N–H and O–H groups in total. The van der Waals surface area contributed by atoms with Gasteiger partial charge in [0, 0.05) is 11.1 Å². The van der Waals surface area contributed by atoms with Crippen LogP contribution in [0.25, 0.3) is 5.57 Å². The second-order valence-corrected chi connectivity index (χ2v) is 12.5. The smallest absolute Gasteiger partial charge is 0.129 e. The lowest BCUT2D eigenvalue weighted by molar-refractivity contribution is 0.242. The third kappa shape index (κ3) is 5.65. The molecular formula is C23H28OSi. The highest BCUT2D eigenvalue weighted by atomic mass is 28.3. The van der Waals surface area contributed by atoms with Gasteiger partial charge in [-0.05, 0) is 50.1 Å². The van der Waals surface area contributed by atoms with Crippen molar-refractivity contribution in [1.29, 1.82) is 0 Å². The quantitative estimate of drug-likeness (QED) is 0.481. The first-order chi connectivity index (χ1) is 11.7. The van der Waals surface area contributed by atoms with Gasteiger partial charge in [0.15, 0.2) is 0 Å². The molecule has 130 valence electrons. The van der Waals surface area contributed by atoms with Gasteiger partial charge in [0.05, 0.1) is 6.10 Å². The minimum absolute atomic E-state index is 0.114. The first kappa shape index (κ1) is 19.1. The largest absolute Gasteiger partial charge is 0.490 e. The Balaban J connectivity index is 2.48. The van der Waals surface area contributed by atoms with Crippen LogP contribution < -0.4 is 4.74 Å².